The summed E-state index contributed by atoms with van der Waals surface area (Å²) >= 11 is 7.31. The van der Waals surface area contributed by atoms with Gasteiger partial charge in [-0.25, -0.2) is 4.98 Å². The van der Waals surface area contributed by atoms with Crippen molar-refractivity contribution in [3.8, 4) is 11.4 Å². The van der Waals surface area contributed by atoms with Gasteiger partial charge in [-0.1, -0.05) is 35.5 Å². The van der Waals surface area contributed by atoms with Crippen LogP contribution in [0.5, 0.6) is 5.75 Å². The summed E-state index contributed by atoms with van der Waals surface area (Å²) in [6.45, 7) is 1.79. The fraction of sp³-hybridized carbons (Fsp3) is 0.250. The van der Waals surface area contributed by atoms with Crippen LogP contribution in [0.2, 0.25) is 5.02 Å². The number of methoxy groups -OCH3 is 1. The molecule has 28 heavy (non-hydrogen) atoms. The Hall–Kier alpha value is -2.51. The summed E-state index contributed by atoms with van der Waals surface area (Å²) in [5, 5.41) is 0.889. The maximum atomic E-state index is 13.3. The average molecular weight is 418 g/mol. The normalized spacial score (nSPS) is 12.0. The van der Waals surface area contributed by atoms with Crippen LogP contribution in [0.4, 0.5) is 0 Å². The van der Waals surface area contributed by atoms with Crippen molar-refractivity contribution >= 4 is 40.2 Å². The van der Waals surface area contributed by atoms with Crippen LogP contribution >= 0.6 is 23.4 Å². The predicted octanol–water partition coefficient (Wildman–Crippen LogP) is 3.62. The zero-order valence-electron chi connectivity index (χ0n) is 16.0. The summed E-state index contributed by atoms with van der Waals surface area (Å²) in [6, 6.07) is 12.2. The molecule has 0 saturated carbocycles. The van der Waals surface area contributed by atoms with Crippen LogP contribution in [0.25, 0.3) is 16.6 Å². The number of carbonyl (C=O) groups is 1. The standard InChI is InChI=1S/C20H20ClN3O3S/c1-12(18(25)23(2)3)28-20-22-15-11-13(21)9-10-14(15)19(26)24(20)16-7-5-6-8-17(16)27-4/h5-12H,1-4H3. The van der Waals surface area contributed by atoms with Crippen LogP contribution in [-0.4, -0.2) is 46.8 Å². The van der Waals surface area contributed by atoms with Gasteiger partial charge in [0.1, 0.15) is 5.75 Å². The van der Waals surface area contributed by atoms with Crippen LogP contribution in [0.1, 0.15) is 6.92 Å². The minimum absolute atomic E-state index is 0.0722. The average Bonchev–Trinajstić information content (AvgIpc) is 2.67. The minimum Gasteiger partial charge on any atom is -0.495 e. The number of benzene rings is 2. The lowest BCUT2D eigenvalue weighted by Gasteiger charge is -2.19. The number of para-hydroxylation sites is 2. The topological polar surface area (TPSA) is 64.4 Å². The number of rotatable bonds is 5. The largest absolute Gasteiger partial charge is 0.495 e. The second-order valence-corrected chi connectivity index (χ2v) is 8.11. The van der Waals surface area contributed by atoms with Gasteiger partial charge in [0.2, 0.25) is 5.91 Å². The minimum atomic E-state index is -0.431. The molecule has 6 nitrogen and oxygen atoms in total. The van der Waals surface area contributed by atoms with E-state index in [1.807, 2.05) is 12.1 Å². The molecule has 0 fully saturated rings. The van der Waals surface area contributed by atoms with Crippen LogP contribution in [0.3, 0.4) is 0 Å². The fourth-order valence-corrected chi connectivity index (χ4v) is 4.05. The predicted molar refractivity (Wildman–Crippen MR) is 113 cm³/mol. The van der Waals surface area contributed by atoms with Crippen molar-refractivity contribution in [3.63, 3.8) is 0 Å². The highest BCUT2D eigenvalue weighted by Gasteiger charge is 2.22. The van der Waals surface area contributed by atoms with E-state index in [0.717, 1.165) is 0 Å². The number of halogens is 1. The molecule has 3 aromatic rings. The number of ether oxygens (including phenoxy) is 1. The van der Waals surface area contributed by atoms with Gasteiger partial charge in [0.25, 0.3) is 5.56 Å². The molecular weight excluding hydrogens is 398 g/mol. The fourth-order valence-electron chi connectivity index (χ4n) is 2.82. The Labute approximate surface area is 172 Å². The highest BCUT2D eigenvalue weighted by molar-refractivity contribution is 8.00. The number of nitrogens with zero attached hydrogens (tertiary/aromatic N) is 3. The van der Waals surface area contributed by atoms with Gasteiger partial charge in [0.05, 0.1) is 29.0 Å². The van der Waals surface area contributed by atoms with E-state index < -0.39 is 5.25 Å². The van der Waals surface area contributed by atoms with Gasteiger partial charge >= 0.3 is 0 Å². The number of hydrogen-bond donors (Lipinski definition) is 0. The van der Waals surface area contributed by atoms with Gasteiger partial charge in [-0.05, 0) is 37.3 Å². The lowest BCUT2D eigenvalue weighted by atomic mass is 10.2. The van der Waals surface area contributed by atoms with E-state index in [0.29, 0.717) is 32.5 Å². The Morgan fingerprint density at radius 2 is 1.96 bits per heavy atom. The summed E-state index contributed by atoms with van der Waals surface area (Å²) in [6.07, 6.45) is 0. The first-order valence-electron chi connectivity index (χ1n) is 8.57. The van der Waals surface area contributed by atoms with Crippen molar-refractivity contribution in [2.75, 3.05) is 21.2 Å². The Morgan fingerprint density at radius 3 is 2.64 bits per heavy atom. The Morgan fingerprint density at radius 1 is 1.25 bits per heavy atom. The molecule has 1 unspecified atom stereocenters. The summed E-state index contributed by atoms with van der Waals surface area (Å²) in [5.74, 6) is 0.463. The van der Waals surface area contributed by atoms with E-state index in [-0.39, 0.29) is 11.5 Å². The van der Waals surface area contributed by atoms with Gasteiger partial charge < -0.3 is 9.64 Å². The van der Waals surface area contributed by atoms with Crippen LogP contribution in [-0.2, 0) is 4.79 Å². The number of thioether (sulfide) groups is 1. The van der Waals surface area contributed by atoms with Crippen molar-refractivity contribution in [2.45, 2.75) is 17.3 Å². The Kier molecular flexibility index (Phi) is 5.96. The maximum Gasteiger partial charge on any atom is 0.266 e. The van der Waals surface area contributed by atoms with E-state index in [2.05, 4.69) is 4.98 Å². The van der Waals surface area contributed by atoms with Gasteiger partial charge in [0.15, 0.2) is 5.16 Å². The molecule has 0 bridgehead atoms. The number of amides is 1. The molecule has 1 aromatic heterocycles. The highest BCUT2D eigenvalue weighted by Crippen LogP contribution is 2.30. The molecule has 1 amide bonds. The van der Waals surface area contributed by atoms with Crippen LogP contribution in [0.15, 0.2) is 52.4 Å². The van der Waals surface area contributed by atoms with E-state index in [4.69, 9.17) is 16.3 Å². The van der Waals surface area contributed by atoms with Crippen molar-refractivity contribution in [1.29, 1.82) is 0 Å². The molecule has 0 saturated heterocycles. The lowest BCUT2D eigenvalue weighted by Crippen LogP contribution is -2.31. The smallest absolute Gasteiger partial charge is 0.266 e. The monoisotopic (exact) mass is 417 g/mol. The molecule has 0 N–H and O–H groups in total. The summed E-state index contributed by atoms with van der Waals surface area (Å²) in [4.78, 5) is 31.9. The first-order chi connectivity index (χ1) is 13.3. The SMILES string of the molecule is COc1ccccc1-n1c(SC(C)C(=O)N(C)C)nc2cc(Cl)ccc2c1=O. The van der Waals surface area contributed by atoms with Gasteiger partial charge in [-0.15, -0.1) is 0 Å². The Bertz CT molecular complexity index is 1100. The zero-order chi connectivity index (χ0) is 20.4. The quantitative estimate of drug-likeness (QED) is 0.468. The summed E-state index contributed by atoms with van der Waals surface area (Å²) < 4.78 is 6.92. The first kappa shape index (κ1) is 20.2. The highest BCUT2D eigenvalue weighted by atomic mass is 35.5. The molecule has 3 rings (SSSR count). The molecule has 0 aliphatic rings. The van der Waals surface area contributed by atoms with Gasteiger partial charge in [-0.2, -0.15) is 0 Å². The molecular formula is C20H20ClN3O3S. The molecule has 146 valence electrons. The van der Waals surface area contributed by atoms with Crippen molar-refractivity contribution in [3.05, 3.63) is 57.8 Å². The molecule has 0 spiro atoms. The molecule has 1 heterocycles. The number of hydrogen-bond acceptors (Lipinski definition) is 5. The van der Waals surface area contributed by atoms with E-state index in [9.17, 15) is 9.59 Å². The number of aromatic nitrogens is 2. The number of fused-ring (bicyclic) bond motifs is 1. The molecule has 2 aromatic carbocycles. The molecule has 0 radical (unpaired) electrons. The maximum absolute atomic E-state index is 13.3. The first-order valence-corrected chi connectivity index (χ1v) is 9.82. The molecule has 8 heteroatoms. The van der Waals surface area contributed by atoms with E-state index in [1.165, 1.54) is 21.2 Å². The second kappa shape index (κ2) is 8.24. The number of carbonyl (C=O) groups excluding carboxylic acids is 1. The lowest BCUT2D eigenvalue weighted by molar-refractivity contribution is -0.127. The summed E-state index contributed by atoms with van der Waals surface area (Å²) in [5.41, 5.74) is 0.792. The Balaban J connectivity index is 2.28. The third-order valence-corrected chi connectivity index (χ3v) is 5.47. The molecule has 0 aliphatic carbocycles. The second-order valence-electron chi connectivity index (χ2n) is 6.36. The molecule has 1 atom stereocenters. The van der Waals surface area contributed by atoms with Crippen LogP contribution in [0, 0.1) is 0 Å². The van der Waals surface area contributed by atoms with Crippen molar-refractivity contribution in [2.24, 2.45) is 0 Å². The van der Waals surface area contributed by atoms with Crippen molar-refractivity contribution < 1.29 is 9.53 Å². The third kappa shape index (κ3) is 3.86. The third-order valence-electron chi connectivity index (χ3n) is 4.20. The van der Waals surface area contributed by atoms with Gasteiger partial charge in [0, 0.05) is 19.1 Å². The summed E-state index contributed by atoms with van der Waals surface area (Å²) in [7, 11) is 4.93. The van der Waals surface area contributed by atoms with E-state index in [1.54, 1.807) is 58.5 Å². The van der Waals surface area contributed by atoms with Crippen molar-refractivity contribution in [1.82, 2.24) is 14.5 Å². The zero-order valence-corrected chi connectivity index (χ0v) is 17.5. The van der Waals surface area contributed by atoms with Crippen LogP contribution < -0.4 is 10.3 Å². The molecule has 0 aliphatic heterocycles. The van der Waals surface area contributed by atoms with E-state index >= 15 is 0 Å². The van der Waals surface area contributed by atoms with Gasteiger partial charge in [-0.3, -0.25) is 14.2 Å².